The van der Waals surface area contributed by atoms with Crippen LogP contribution in [0.3, 0.4) is 0 Å². The van der Waals surface area contributed by atoms with E-state index < -0.39 is 23.5 Å². The summed E-state index contributed by atoms with van der Waals surface area (Å²) in [5.41, 5.74) is 0.274. The van der Waals surface area contributed by atoms with Crippen LogP contribution >= 0.6 is 15.9 Å². The number of hydrogen-bond donors (Lipinski definition) is 1. The summed E-state index contributed by atoms with van der Waals surface area (Å²) in [6, 6.07) is 2.45. The van der Waals surface area contributed by atoms with Gasteiger partial charge in [0.2, 0.25) is 0 Å². The van der Waals surface area contributed by atoms with E-state index in [1.54, 1.807) is 0 Å². The lowest BCUT2D eigenvalue weighted by atomic mass is 10.1. The molecular weight excluding hydrogens is 270 g/mol. The van der Waals surface area contributed by atoms with E-state index in [2.05, 4.69) is 15.9 Å². The smallest absolute Gasteiger partial charge is 0.307 e. The molecule has 0 amide bonds. The van der Waals surface area contributed by atoms with Crippen LogP contribution in [0.4, 0.5) is 8.78 Å². The first-order valence-corrected chi connectivity index (χ1v) is 5.18. The molecule has 0 aromatic heterocycles. The molecule has 1 aromatic rings. The Bertz CT molecular complexity index is 434. The third-order valence-electron chi connectivity index (χ3n) is 2.57. The molecular formula is C10H7BrF2O2. The summed E-state index contributed by atoms with van der Waals surface area (Å²) in [6.45, 7) is 0. The Hall–Kier alpha value is -0.970. The molecule has 1 aliphatic rings. The van der Waals surface area contributed by atoms with Gasteiger partial charge in [0.25, 0.3) is 0 Å². The third-order valence-corrected chi connectivity index (χ3v) is 3.30. The Morgan fingerprint density at radius 2 is 2.13 bits per heavy atom. The molecule has 0 saturated heterocycles. The lowest BCUT2D eigenvalue weighted by molar-refractivity contribution is -0.138. The maximum absolute atomic E-state index is 13.5. The van der Waals surface area contributed by atoms with Gasteiger partial charge in [-0.3, -0.25) is 4.79 Å². The fraction of sp³-hybridized carbons (Fsp3) is 0.300. The molecule has 1 N–H and O–H groups in total. The van der Waals surface area contributed by atoms with E-state index in [9.17, 15) is 13.6 Å². The number of benzene rings is 1. The lowest BCUT2D eigenvalue weighted by Crippen LogP contribution is -2.00. The number of hydrogen-bond acceptors (Lipinski definition) is 1. The monoisotopic (exact) mass is 276 g/mol. The predicted molar refractivity (Wildman–Crippen MR) is 52.5 cm³/mol. The van der Waals surface area contributed by atoms with E-state index in [1.165, 1.54) is 6.07 Å². The zero-order chi connectivity index (χ0) is 11.2. The quantitative estimate of drug-likeness (QED) is 0.844. The van der Waals surface area contributed by atoms with Crippen LogP contribution in [0.1, 0.15) is 17.9 Å². The third kappa shape index (κ3) is 1.76. The molecule has 2 nitrogen and oxygen atoms in total. The van der Waals surface area contributed by atoms with E-state index in [0.717, 1.165) is 6.07 Å². The minimum atomic E-state index is -0.931. The molecule has 80 valence electrons. The van der Waals surface area contributed by atoms with Crippen LogP contribution in [-0.2, 0) is 4.79 Å². The molecule has 2 unspecified atom stereocenters. The Labute approximate surface area is 93.0 Å². The summed E-state index contributed by atoms with van der Waals surface area (Å²) in [7, 11) is 0. The zero-order valence-corrected chi connectivity index (χ0v) is 9.09. The van der Waals surface area contributed by atoms with Crippen LogP contribution < -0.4 is 0 Å². The van der Waals surface area contributed by atoms with E-state index >= 15 is 0 Å². The minimum Gasteiger partial charge on any atom is -0.481 e. The maximum Gasteiger partial charge on any atom is 0.307 e. The van der Waals surface area contributed by atoms with Gasteiger partial charge in [-0.05, 0) is 34.0 Å². The highest BCUT2D eigenvalue weighted by molar-refractivity contribution is 9.10. The molecule has 5 heteroatoms. The molecule has 1 aromatic carbocycles. The van der Waals surface area contributed by atoms with E-state index in [-0.39, 0.29) is 16.0 Å². The molecule has 2 rings (SSSR count). The second-order valence-electron chi connectivity index (χ2n) is 3.55. The van der Waals surface area contributed by atoms with Gasteiger partial charge >= 0.3 is 5.97 Å². The number of carboxylic acid groups (broad SMARTS) is 1. The average Bonchev–Trinajstić information content (AvgIpc) is 2.94. The van der Waals surface area contributed by atoms with Gasteiger partial charge in [-0.1, -0.05) is 6.07 Å². The molecule has 15 heavy (non-hydrogen) atoms. The van der Waals surface area contributed by atoms with Crippen LogP contribution in [0.25, 0.3) is 0 Å². The molecule has 0 radical (unpaired) electrons. The Kier molecular flexibility index (Phi) is 2.50. The van der Waals surface area contributed by atoms with Gasteiger partial charge in [-0.25, -0.2) is 8.78 Å². The minimum absolute atomic E-state index is 0.226. The van der Waals surface area contributed by atoms with Crippen LogP contribution in [-0.4, -0.2) is 11.1 Å². The van der Waals surface area contributed by atoms with Gasteiger partial charge in [0, 0.05) is 5.92 Å². The predicted octanol–water partition coefficient (Wildman–Crippen LogP) is 2.92. The highest BCUT2D eigenvalue weighted by Gasteiger charge is 2.45. The van der Waals surface area contributed by atoms with Crippen LogP contribution in [0, 0.1) is 17.6 Å². The molecule has 0 bridgehead atoms. The van der Waals surface area contributed by atoms with Crippen molar-refractivity contribution in [1.82, 2.24) is 0 Å². The fourth-order valence-corrected chi connectivity index (χ4v) is 2.00. The topological polar surface area (TPSA) is 37.3 Å². The van der Waals surface area contributed by atoms with Crippen LogP contribution in [0.15, 0.2) is 16.6 Å². The van der Waals surface area contributed by atoms with Crippen molar-refractivity contribution >= 4 is 21.9 Å². The largest absolute Gasteiger partial charge is 0.481 e. The Balaban J connectivity index is 2.32. The molecule has 0 heterocycles. The molecule has 0 aliphatic heterocycles. The first kappa shape index (κ1) is 10.5. The number of rotatable bonds is 2. The number of aliphatic carboxylic acids is 1. The number of carbonyl (C=O) groups is 1. The summed E-state index contributed by atoms with van der Waals surface area (Å²) in [6.07, 6.45) is 0.421. The summed E-state index contributed by atoms with van der Waals surface area (Å²) >= 11 is 2.79. The molecule has 1 fully saturated rings. The van der Waals surface area contributed by atoms with Crippen molar-refractivity contribution in [2.45, 2.75) is 12.3 Å². The Morgan fingerprint density at radius 3 is 2.67 bits per heavy atom. The van der Waals surface area contributed by atoms with Crippen molar-refractivity contribution in [1.29, 1.82) is 0 Å². The van der Waals surface area contributed by atoms with Crippen molar-refractivity contribution in [2.75, 3.05) is 0 Å². The molecule has 1 aliphatic carbocycles. The summed E-state index contributed by atoms with van der Waals surface area (Å²) in [4.78, 5) is 10.6. The highest BCUT2D eigenvalue weighted by Crippen LogP contribution is 2.49. The van der Waals surface area contributed by atoms with Gasteiger partial charge < -0.3 is 5.11 Å². The van der Waals surface area contributed by atoms with Gasteiger partial charge in [0.1, 0.15) is 11.6 Å². The SMILES string of the molecule is O=C(O)C1CC1c1ccc(F)c(Br)c1F. The van der Waals surface area contributed by atoms with E-state index in [1.807, 2.05) is 0 Å². The van der Waals surface area contributed by atoms with Gasteiger partial charge in [0.15, 0.2) is 0 Å². The Morgan fingerprint density at radius 1 is 1.47 bits per heavy atom. The van der Waals surface area contributed by atoms with Crippen molar-refractivity contribution in [2.24, 2.45) is 5.92 Å². The second kappa shape index (κ2) is 3.56. The van der Waals surface area contributed by atoms with Gasteiger partial charge in [-0.2, -0.15) is 0 Å². The standard InChI is InChI=1S/C10H7BrF2O2/c11-8-7(12)2-1-4(9(8)13)5-3-6(5)10(14)15/h1-2,5-6H,3H2,(H,14,15). The van der Waals surface area contributed by atoms with E-state index in [4.69, 9.17) is 5.11 Å². The normalized spacial score (nSPS) is 23.9. The number of carboxylic acids is 1. The van der Waals surface area contributed by atoms with Crippen molar-refractivity contribution in [3.05, 3.63) is 33.8 Å². The van der Waals surface area contributed by atoms with Crippen molar-refractivity contribution in [3.63, 3.8) is 0 Å². The maximum atomic E-state index is 13.5. The van der Waals surface area contributed by atoms with Crippen molar-refractivity contribution in [3.8, 4) is 0 Å². The zero-order valence-electron chi connectivity index (χ0n) is 7.51. The van der Waals surface area contributed by atoms with E-state index in [0.29, 0.717) is 6.42 Å². The first-order chi connectivity index (χ1) is 7.02. The van der Waals surface area contributed by atoms with Crippen LogP contribution in [0.2, 0.25) is 0 Å². The summed E-state index contributed by atoms with van der Waals surface area (Å²) < 4.78 is 26.2. The lowest BCUT2D eigenvalue weighted by Gasteiger charge is -2.03. The van der Waals surface area contributed by atoms with Crippen LogP contribution in [0.5, 0.6) is 0 Å². The van der Waals surface area contributed by atoms with Crippen molar-refractivity contribution < 1.29 is 18.7 Å². The molecule has 1 saturated carbocycles. The first-order valence-electron chi connectivity index (χ1n) is 4.38. The highest BCUT2D eigenvalue weighted by atomic mass is 79.9. The fourth-order valence-electron chi connectivity index (χ4n) is 1.64. The van der Waals surface area contributed by atoms with Gasteiger partial charge in [-0.15, -0.1) is 0 Å². The second-order valence-corrected chi connectivity index (χ2v) is 4.34. The average molecular weight is 277 g/mol. The number of halogens is 3. The summed E-state index contributed by atoms with van der Waals surface area (Å²) in [5, 5.41) is 8.69. The molecule has 0 spiro atoms. The van der Waals surface area contributed by atoms with Gasteiger partial charge in [0.05, 0.1) is 10.4 Å². The summed E-state index contributed by atoms with van der Waals surface area (Å²) in [5.74, 6) is -3.15. The molecule has 2 atom stereocenters.